The Bertz CT molecular complexity index is 497. The molecule has 2 aromatic heterocycles. The van der Waals surface area contributed by atoms with Gasteiger partial charge in [0.25, 0.3) is 0 Å². The van der Waals surface area contributed by atoms with Crippen LogP contribution in [-0.4, -0.2) is 10.9 Å². The highest BCUT2D eigenvalue weighted by Gasteiger charge is 2.05. The number of pyridine rings is 1. The van der Waals surface area contributed by atoms with Crippen molar-refractivity contribution in [1.82, 2.24) is 4.98 Å². The summed E-state index contributed by atoms with van der Waals surface area (Å²) in [6.45, 7) is 0. The molecule has 0 aliphatic carbocycles. The minimum atomic E-state index is -0.0799. The quantitative estimate of drug-likeness (QED) is 0.849. The van der Waals surface area contributed by atoms with E-state index in [-0.39, 0.29) is 5.91 Å². The van der Waals surface area contributed by atoms with Gasteiger partial charge in [-0.05, 0) is 24.3 Å². The van der Waals surface area contributed by atoms with E-state index in [0.717, 1.165) is 5.76 Å². The van der Waals surface area contributed by atoms with Gasteiger partial charge < -0.3 is 9.73 Å². The number of furan rings is 1. The first-order valence-electron chi connectivity index (χ1n) is 5.18. The van der Waals surface area contributed by atoms with Crippen molar-refractivity contribution in [2.75, 3.05) is 5.32 Å². The Labute approximate surface area is 104 Å². The van der Waals surface area contributed by atoms with E-state index in [9.17, 15) is 4.79 Å². The number of hydrogen-bond acceptors (Lipinski definition) is 3. The first kappa shape index (κ1) is 11.7. The topological polar surface area (TPSA) is 55.1 Å². The van der Waals surface area contributed by atoms with E-state index in [0.29, 0.717) is 23.7 Å². The van der Waals surface area contributed by atoms with E-state index in [4.69, 9.17) is 16.0 Å². The third-order valence-corrected chi connectivity index (χ3v) is 2.40. The fourth-order valence-electron chi connectivity index (χ4n) is 1.40. The number of halogens is 1. The summed E-state index contributed by atoms with van der Waals surface area (Å²) in [6.07, 6.45) is 4.09. The average molecular weight is 251 g/mol. The first-order valence-corrected chi connectivity index (χ1v) is 5.55. The molecule has 0 atom stereocenters. The molecule has 0 saturated carbocycles. The Hall–Kier alpha value is -1.81. The van der Waals surface area contributed by atoms with Crippen molar-refractivity contribution in [3.05, 3.63) is 47.6 Å². The molecular formula is C12H11ClN2O2. The monoisotopic (exact) mass is 250 g/mol. The van der Waals surface area contributed by atoms with Gasteiger partial charge in [-0.15, -0.1) is 0 Å². The second-order valence-corrected chi connectivity index (χ2v) is 3.88. The van der Waals surface area contributed by atoms with Crippen LogP contribution >= 0.6 is 11.6 Å². The Balaban J connectivity index is 1.85. The number of hydrogen-bond donors (Lipinski definition) is 1. The van der Waals surface area contributed by atoms with Gasteiger partial charge >= 0.3 is 0 Å². The minimum absolute atomic E-state index is 0.0799. The lowest BCUT2D eigenvalue weighted by molar-refractivity contribution is -0.116. The van der Waals surface area contributed by atoms with Gasteiger partial charge in [-0.2, -0.15) is 0 Å². The minimum Gasteiger partial charge on any atom is -0.469 e. The van der Waals surface area contributed by atoms with Crippen LogP contribution in [0.3, 0.4) is 0 Å². The van der Waals surface area contributed by atoms with E-state index >= 15 is 0 Å². The van der Waals surface area contributed by atoms with Crippen molar-refractivity contribution in [3.63, 3.8) is 0 Å². The number of aromatic nitrogens is 1. The van der Waals surface area contributed by atoms with Gasteiger partial charge in [0.15, 0.2) is 0 Å². The number of nitrogens with zero attached hydrogens (tertiary/aromatic N) is 1. The van der Waals surface area contributed by atoms with Crippen LogP contribution in [0.25, 0.3) is 0 Å². The molecule has 2 rings (SSSR count). The highest BCUT2D eigenvalue weighted by atomic mass is 35.5. The number of carbonyl (C=O) groups is 1. The van der Waals surface area contributed by atoms with Crippen molar-refractivity contribution in [3.8, 4) is 0 Å². The molecule has 0 bridgehead atoms. The molecule has 0 radical (unpaired) electrons. The summed E-state index contributed by atoms with van der Waals surface area (Å²) in [5.74, 6) is 0.719. The van der Waals surface area contributed by atoms with Crippen LogP contribution < -0.4 is 5.32 Å². The van der Waals surface area contributed by atoms with Gasteiger partial charge in [0.1, 0.15) is 10.9 Å². The smallest absolute Gasteiger partial charge is 0.224 e. The zero-order chi connectivity index (χ0) is 12.1. The van der Waals surface area contributed by atoms with Gasteiger partial charge in [0, 0.05) is 24.7 Å². The van der Waals surface area contributed by atoms with Gasteiger partial charge in [-0.1, -0.05) is 11.6 Å². The predicted molar refractivity (Wildman–Crippen MR) is 64.9 cm³/mol. The van der Waals surface area contributed by atoms with Crippen molar-refractivity contribution in [2.24, 2.45) is 0 Å². The number of rotatable bonds is 4. The maximum absolute atomic E-state index is 11.6. The third-order valence-electron chi connectivity index (χ3n) is 2.19. The fraction of sp³-hybridized carbons (Fsp3) is 0.167. The molecule has 1 N–H and O–H groups in total. The van der Waals surface area contributed by atoms with Gasteiger partial charge in [-0.25, -0.2) is 4.98 Å². The van der Waals surface area contributed by atoms with E-state index in [1.165, 1.54) is 0 Å². The van der Waals surface area contributed by atoms with Crippen LogP contribution in [0.15, 0.2) is 41.1 Å². The lowest BCUT2D eigenvalue weighted by Crippen LogP contribution is -2.12. The second kappa shape index (κ2) is 5.50. The van der Waals surface area contributed by atoms with Gasteiger partial charge in [0.05, 0.1) is 6.26 Å². The molecule has 0 spiro atoms. The lowest BCUT2D eigenvalue weighted by atomic mass is 10.2. The summed E-state index contributed by atoms with van der Waals surface area (Å²) >= 11 is 5.71. The van der Waals surface area contributed by atoms with Gasteiger partial charge in [-0.3, -0.25) is 4.79 Å². The molecular weight excluding hydrogens is 240 g/mol. The summed E-state index contributed by atoms with van der Waals surface area (Å²) < 4.78 is 5.14. The zero-order valence-electron chi connectivity index (χ0n) is 9.02. The average Bonchev–Trinajstić information content (AvgIpc) is 2.79. The fourth-order valence-corrected chi connectivity index (χ4v) is 1.57. The van der Waals surface area contributed by atoms with Crippen LogP contribution in [0, 0.1) is 0 Å². The summed E-state index contributed by atoms with van der Waals surface area (Å²) in [4.78, 5) is 15.4. The lowest BCUT2D eigenvalue weighted by Gasteiger charge is -2.04. The maximum atomic E-state index is 11.6. The molecule has 17 heavy (non-hydrogen) atoms. The van der Waals surface area contributed by atoms with Crippen LogP contribution in [0.2, 0.25) is 5.15 Å². The third kappa shape index (κ3) is 3.60. The summed E-state index contributed by atoms with van der Waals surface area (Å²) in [5, 5.41) is 3.10. The molecule has 1 amide bonds. The molecule has 0 unspecified atom stereocenters. The van der Waals surface area contributed by atoms with Crippen molar-refractivity contribution in [2.45, 2.75) is 12.8 Å². The normalized spacial score (nSPS) is 10.2. The Morgan fingerprint density at radius 2 is 2.35 bits per heavy atom. The Morgan fingerprint density at radius 1 is 1.47 bits per heavy atom. The Kier molecular flexibility index (Phi) is 3.77. The van der Waals surface area contributed by atoms with Gasteiger partial charge in [0.2, 0.25) is 5.91 Å². The first-order chi connectivity index (χ1) is 8.24. The van der Waals surface area contributed by atoms with Crippen molar-refractivity contribution >= 4 is 23.2 Å². The largest absolute Gasteiger partial charge is 0.469 e. The Morgan fingerprint density at radius 3 is 3.06 bits per heavy atom. The van der Waals surface area contributed by atoms with E-state index in [1.807, 2.05) is 6.07 Å². The number of aryl methyl sites for hydroxylation is 1. The van der Waals surface area contributed by atoms with E-state index in [2.05, 4.69) is 10.3 Å². The zero-order valence-corrected chi connectivity index (χ0v) is 9.78. The molecule has 0 fully saturated rings. The number of anilines is 1. The molecule has 2 heterocycles. The SMILES string of the molecule is O=C(CCc1ccco1)Nc1ccnc(Cl)c1. The van der Waals surface area contributed by atoms with Crippen LogP contribution in [0.1, 0.15) is 12.2 Å². The van der Waals surface area contributed by atoms with Crippen molar-refractivity contribution in [1.29, 1.82) is 0 Å². The molecule has 0 aliphatic heterocycles. The number of amides is 1. The van der Waals surface area contributed by atoms with Crippen LogP contribution in [-0.2, 0) is 11.2 Å². The molecule has 0 saturated heterocycles. The molecule has 0 aromatic carbocycles. The molecule has 88 valence electrons. The summed E-state index contributed by atoms with van der Waals surface area (Å²) in [6, 6.07) is 6.94. The second-order valence-electron chi connectivity index (χ2n) is 3.49. The van der Waals surface area contributed by atoms with E-state index < -0.39 is 0 Å². The molecule has 0 aliphatic rings. The predicted octanol–water partition coefficient (Wildman–Crippen LogP) is 2.90. The van der Waals surface area contributed by atoms with Crippen LogP contribution in [0.4, 0.5) is 5.69 Å². The van der Waals surface area contributed by atoms with E-state index in [1.54, 1.807) is 30.7 Å². The maximum Gasteiger partial charge on any atom is 0.224 e. The molecule has 4 nitrogen and oxygen atoms in total. The number of carbonyl (C=O) groups excluding carboxylic acids is 1. The highest BCUT2D eigenvalue weighted by Crippen LogP contribution is 2.12. The molecule has 5 heteroatoms. The van der Waals surface area contributed by atoms with Crippen LogP contribution in [0.5, 0.6) is 0 Å². The number of nitrogens with one attached hydrogen (secondary N) is 1. The standard InChI is InChI=1S/C12H11ClN2O2/c13-11-8-9(5-6-14-11)15-12(16)4-3-10-2-1-7-17-10/h1-2,5-8H,3-4H2,(H,14,15,16). The molecule has 2 aromatic rings. The summed E-state index contributed by atoms with van der Waals surface area (Å²) in [5.41, 5.74) is 0.648. The highest BCUT2D eigenvalue weighted by molar-refractivity contribution is 6.29. The summed E-state index contributed by atoms with van der Waals surface area (Å²) in [7, 11) is 0. The van der Waals surface area contributed by atoms with Crippen molar-refractivity contribution < 1.29 is 9.21 Å².